The molecule has 102 valence electrons. The summed E-state index contributed by atoms with van der Waals surface area (Å²) in [7, 11) is -2.91. The Balaban J connectivity index is 2.34. The van der Waals surface area contributed by atoms with Crippen LogP contribution in [-0.2, 0) is 16.3 Å². The first-order valence-electron chi connectivity index (χ1n) is 6.11. The predicted molar refractivity (Wildman–Crippen MR) is 71.9 cm³/mol. The van der Waals surface area contributed by atoms with Crippen LogP contribution in [0.4, 0.5) is 4.39 Å². The first kappa shape index (κ1) is 15.1. The van der Waals surface area contributed by atoms with Gasteiger partial charge in [-0.15, -0.1) is 0 Å². The maximum absolute atomic E-state index is 12.7. The molecule has 1 aromatic rings. The van der Waals surface area contributed by atoms with Gasteiger partial charge < -0.3 is 5.32 Å². The Morgan fingerprint density at radius 3 is 2.44 bits per heavy atom. The highest BCUT2D eigenvalue weighted by molar-refractivity contribution is 7.91. The van der Waals surface area contributed by atoms with Crippen molar-refractivity contribution in [2.75, 3.05) is 18.1 Å². The first-order chi connectivity index (χ1) is 8.43. The predicted octanol–water partition coefficient (Wildman–Crippen LogP) is 1.78. The van der Waals surface area contributed by atoms with Gasteiger partial charge in [0.1, 0.15) is 5.82 Å². The van der Waals surface area contributed by atoms with Gasteiger partial charge in [0.2, 0.25) is 0 Å². The first-order valence-corrected chi connectivity index (χ1v) is 7.93. The number of halogens is 1. The van der Waals surface area contributed by atoms with E-state index in [4.69, 9.17) is 0 Å². The Hall–Kier alpha value is -0.940. The fourth-order valence-electron chi connectivity index (χ4n) is 1.65. The Morgan fingerprint density at radius 1 is 1.28 bits per heavy atom. The molecule has 0 aromatic heterocycles. The third-order valence-electron chi connectivity index (χ3n) is 2.80. The van der Waals surface area contributed by atoms with E-state index in [1.807, 2.05) is 6.92 Å². The van der Waals surface area contributed by atoms with Crippen LogP contribution in [0.15, 0.2) is 24.3 Å². The largest absolute Gasteiger partial charge is 0.313 e. The number of benzene rings is 1. The molecule has 1 N–H and O–H groups in total. The van der Waals surface area contributed by atoms with E-state index in [9.17, 15) is 12.8 Å². The number of nitrogens with one attached hydrogen (secondary N) is 1. The smallest absolute Gasteiger partial charge is 0.151 e. The molecule has 5 heteroatoms. The van der Waals surface area contributed by atoms with Gasteiger partial charge in [0.15, 0.2) is 9.84 Å². The normalized spacial score (nSPS) is 13.5. The van der Waals surface area contributed by atoms with Crippen molar-refractivity contribution in [3.8, 4) is 0 Å². The van der Waals surface area contributed by atoms with Gasteiger partial charge >= 0.3 is 0 Å². The summed E-state index contributed by atoms with van der Waals surface area (Å²) in [4.78, 5) is 0. The van der Waals surface area contributed by atoms with E-state index in [0.717, 1.165) is 12.0 Å². The fraction of sp³-hybridized carbons (Fsp3) is 0.538. The zero-order valence-electron chi connectivity index (χ0n) is 10.8. The quantitative estimate of drug-likeness (QED) is 0.823. The molecule has 0 aliphatic rings. The van der Waals surface area contributed by atoms with Crippen LogP contribution in [0, 0.1) is 5.82 Å². The third-order valence-corrected chi connectivity index (χ3v) is 4.51. The number of rotatable bonds is 7. The lowest BCUT2D eigenvalue weighted by molar-refractivity contribution is 0.553. The molecule has 1 atom stereocenters. The van der Waals surface area contributed by atoms with Crippen LogP contribution >= 0.6 is 0 Å². The highest BCUT2D eigenvalue weighted by Crippen LogP contribution is 2.05. The zero-order valence-corrected chi connectivity index (χ0v) is 11.6. The lowest BCUT2D eigenvalue weighted by atomic mass is 10.1. The molecule has 1 aromatic carbocycles. The van der Waals surface area contributed by atoms with Crippen LogP contribution in [0.3, 0.4) is 0 Å². The van der Waals surface area contributed by atoms with Gasteiger partial charge in [0, 0.05) is 18.3 Å². The summed E-state index contributed by atoms with van der Waals surface area (Å²) in [5.74, 6) is 0.103. The second-order valence-corrected chi connectivity index (χ2v) is 6.89. The van der Waals surface area contributed by atoms with Crippen LogP contribution in [0.5, 0.6) is 0 Å². The Kier molecular flexibility index (Phi) is 5.75. The fourth-order valence-corrected chi connectivity index (χ4v) is 2.37. The van der Waals surface area contributed by atoms with E-state index in [1.165, 1.54) is 12.1 Å². The maximum atomic E-state index is 12.7. The standard InChI is InChI=1S/C13H20FNO2S/c1-3-18(16,17)9-8-15-11(2)10-12-4-6-13(14)7-5-12/h4-7,11,15H,3,8-10H2,1-2H3. The zero-order chi connectivity index (χ0) is 13.6. The van der Waals surface area contributed by atoms with Crippen molar-refractivity contribution >= 4 is 9.84 Å². The number of hydrogen-bond donors (Lipinski definition) is 1. The van der Waals surface area contributed by atoms with Gasteiger partial charge in [-0.2, -0.15) is 0 Å². The molecule has 0 amide bonds. The van der Waals surface area contributed by atoms with E-state index in [0.29, 0.717) is 6.54 Å². The van der Waals surface area contributed by atoms with Crippen molar-refractivity contribution in [3.05, 3.63) is 35.6 Å². The average Bonchev–Trinajstić information content (AvgIpc) is 2.32. The summed E-state index contributed by atoms with van der Waals surface area (Å²) >= 11 is 0. The summed E-state index contributed by atoms with van der Waals surface area (Å²) in [6.45, 7) is 4.09. The molecule has 0 aliphatic heterocycles. The maximum Gasteiger partial charge on any atom is 0.151 e. The van der Waals surface area contributed by atoms with Crippen LogP contribution in [0.25, 0.3) is 0 Å². The van der Waals surface area contributed by atoms with Crippen molar-refractivity contribution in [1.82, 2.24) is 5.32 Å². The van der Waals surface area contributed by atoms with Gasteiger partial charge in [-0.3, -0.25) is 0 Å². The van der Waals surface area contributed by atoms with Gasteiger partial charge in [-0.25, -0.2) is 12.8 Å². The van der Waals surface area contributed by atoms with Gasteiger partial charge in [0.05, 0.1) is 5.75 Å². The third kappa shape index (κ3) is 5.60. The minimum absolute atomic E-state index is 0.164. The molecule has 0 saturated heterocycles. The van der Waals surface area contributed by atoms with Crippen LogP contribution in [0.1, 0.15) is 19.4 Å². The van der Waals surface area contributed by atoms with Crippen LogP contribution in [-0.4, -0.2) is 32.5 Å². The topological polar surface area (TPSA) is 46.2 Å². The Labute approximate surface area is 108 Å². The van der Waals surface area contributed by atoms with Crippen LogP contribution < -0.4 is 5.32 Å². The van der Waals surface area contributed by atoms with E-state index >= 15 is 0 Å². The van der Waals surface area contributed by atoms with E-state index < -0.39 is 9.84 Å². The molecule has 0 radical (unpaired) electrons. The van der Waals surface area contributed by atoms with Crippen LogP contribution in [0.2, 0.25) is 0 Å². The van der Waals surface area contributed by atoms with E-state index in [2.05, 4.69) is 5.32 Å². The number of sulfone groups is 1. The minimum atomic E-state index is -2.91. The molecular weight excluding hydrogens is 253 g/mol. The average molecular weight is 273 g/mol. The Bertz CT molecular complexity index is 456. The minimum Gasteiger partial charge on any atom is -0.313 e. The molecule has 18 heavy (non-hydrogen) atoms. The van der Waals surface area contributed by atoms with E-state index in [1.54, 1.807) is 19.1 Å². The lowest BCUT2D eigenvalue weighted by Crippen LogP contribution is -2.32. The summed E-state index contributed by atoms with van der Waals surface area (Å²) in [6.07, 6.45) is 0.756. The molecule has 0 spiro atoms. The summed E-state index contributed by atoms with van der Waals surface area (Å²) in [6, 6.07) is 6.53. The highest BCUT2D eigenvalue weighted by Gasteiger charge is 2.08. The van der Waals surface area contributed by atoms with Crippen molar-refractivity contribution in [2.45, 2.75) is 26.3 Å². The van der Waals surface area contributed by atoms with Crippen molar-refractivity contribution in [2.24, 2.45) is 0 Å². The summed E-state index contributed by atoms with van der Waals surface area (Å²) < 4.78 is 35.3. The summed E-state index contributed by atoms with van der Waals surface area (Å²) in [5.41, 5.74) is 1.04. The molecule has 0 saturated carbocycles. The lowest BCUT2D eigenvalue weighted by Gasteiger charge is -2.13. The second kappa shape index (κ2) is 6.85. The molecule has 3 nitrogen and oxygen atoms in total. The molecule has 1 unspecified atom stereocenters. The van der Waals surface area contributed by atoms with Gasteiger partial charge in [-0.05, 0) is 31.0 Å². The molecule has 0 fully saturated rings. The Morgan fingerprint density at radius 2 is 1.89 bits per heavy atom. The van der Waals surface area contributed by atoms with Gasteiger partial charge in [-0.1, -0.05) is 19.1 Å². The van der Waals surface area contributed by atoms with E-state index in [-0.39, 0.29) is 23.4 Å². The SMILES string of the molecule is CCS(=O)(=O)CCNC(C)Cc1ccc(F)cc1. The molecular formula is C13H20FNO2S. The highest BCUT2D eigenvalue weighted by atomic mass is 32.2. The summed E-state index contributed by atoms with van der Waals surface area (Å²) in [5, 5.41) is 3.16. The molecule has 0 heterocycles. The van der Waals surface area contributed by atoms with Crippen molar-refractivity contribution in [1.29, 1.82) is 0 Å². The monoisotopic (exact) mass is 273 g/mol. The van der Waals surface area contributed by atoms with Crippen molar-refractivity contribution < 1.29 is 12.8 Å². The number of hydrogen-bond acceptors (Lipinski definition) is 3. The van der Waals surface area contributed by atoms with Gasteiger partial charge in [0.25, 0.3) is 0 Å². The second-order valence-electron chi connectivity index (χ2n) is 4.42. The molecule has 0 aliphatic carbocycles. The molecule has 1 rings (SSSR count). The van der Waals surface area contributed by atoms with Crippen molar-refractivity contribution in [3.63, 3.8) is 0 Å². The molecule has 0 bridgehead atoms.